The number of ether oxygens (including phenoxy) is 6. The first-order valence-electron chi connectivity index (χ1n) is 14.2. The fourth-order valence-electron chi connectivity index (χ4n) is 3.73. The summed E-state index contributed by atoms with van der Waals surface area (Å²) >= 11 is 0. The van der Waals surface area contributed by atoms with Crippen LogP contribution < -0.4 is 15.2 Å². The van der Waals surface area contributed by atoms with E-state index in [-0.39, 0.29) is 44.2 Å². The summed E-state index contributed by atoms with van der Waals surface area (Å²) in [5.74, 6) is -1.63. The molecule has 0 bridgehead atoms. The predicted octanol–water partition coefficient (Wildman–Crippen LogP) is 6.15. The molecule has 0 heterocycles. The van der Waals surface area contributed by atoms with Crippen LogP contribution in [0.2, 0.25) is 0 Å². The molecule has 0 aliphatic carbocycles. The van der Waals surface area contributed by atoms with E-state index in [2.05, 4.69) is 0 Å². The van der Waals surface area contributed by atoms with Crippen molar-refractivity contribution >= 4 is 24.4 Å². The molecule has 1 aromatic rings. The number of unbranched alkanes of at least 4 members (excludes halogenated alkanes) is 5. The average molecular weight is 584 g/mol. The Hall–Kier alpha value is -3.54. The van der Waals surface area contributed by atoms with Crippen LogP contribution in [0.25, 0.3) is 0 Å². The SMILES string of the molecule is CCCCCOC(=O)Oc1ccc(CC(N)(C[C@H](C)OC(=O)OCCCC)C(=O)O)cc1OC(=O)OCCCCC. The monoisotopic (exact) mass is 583 g/mol. The van der Waals surface area contributed by atoms with Gasteiger partial charge in [-0.2, -0.15) is 0 Å². The molecule has 12 nitrogen and oxygen atoms in total. The largest absolute Gasteiger partial charge is 0.513 e. The van der Waals surface area contributed by atoms with E-state index in [0.29, 0.717) is 24.8 Å². The lowest BCUT2D eigenvalue weighted by molar-refractivity contribution is -0.144. The molecular weight excluding hydrogens is 538 g/mol. The summed E-state index contributed by atoms with van der Waals surface area (Å²) in [5, 5.41) is 9.91. The van der Waals surface area contributed by atoms with E-state index >= 15 is 0 Å². The molecule has 232 valence electrons. The quantitative estimate of drug-likeness (QED) is 0.0824. The summed E-state index contributed by atoms with van der Waals surface area (Å²) in [5.41, 5.74) is 4.74. The Kier molecular flexibility index (Phi) is 16.9. The van der Waals surface area contributed by atoms with Gasteiger partial charge < -0.3 is 39.3 Å². The Morgan fingerprint density at radius 3 is 1.83 bits per heavy atom. The second-order valence-electron chi connectivity index (χ2n) is 9.82. The van der Waals surface area contributed by atoms with E-state index in [1.54, 1.807) is 0 Å². The van der Waals surface area contributed by atoms with E-state index in [9.17, 15) is 24.3 Å². The Morgan fingerprint density at radius 1 is 0.780 bits per heavy atom. The lowest BCUT2D eigenvalue weighted by Gasteiger charge is -2.28. The van der Waals surface area contributed by atoms with Crippen molar-refractivity contribution in [3.8, 4) is 11.5 Å². The number of aliphatic carboxylic acids is 1. The van der Waals surface area contributed by atoms with E-state index in [1.165, 1.54) is 25.1 Å². The van der Waals surface area contributed by atoms with Crippen molar-refractivity contribution in [1.29, 1.82) is 0 Å². The molecule has 3 N–H and O–H groups in total. The highest BCUT2D eigenvalue weighted by atomic mass is 16.7. The molecular formula is C29H45NO11. The predicted molar refractivity (Wildman–Crippen MR) is 149 cm³/mol. The van der Waals surface area contributed by atoms with Gasteiger partial charge in [-0.05, 0) is 43.9 Å². The number of hydrogen-bond acceptors (Lipinski definition) is 11. The van der Waals surface area contributed by atoms with Gasteiger partial charge >= 0.3 is 24.4 Å². The molecule has 12 heteroatoms. The molecule has 0 saturated carbocycles. The summed E-state index contributed by atoms with van der Waals surface area (Å²) in [4.78, 5) is 48.5. The number of hydrogen-bond donors (Lipinski definition) is 2. The highest BCUT2D eigenvalue weighted by molar-refractivity contribution is 5.79. The molecule has 1 unspecified atom stereocenters. The first-order valence-corrected chi connectivity index (χ1v) is 14.2. The van der Waals surface area contributed by atoms with E-state index in [0.717, 1.165) is 32.1 Å². The third-order valence-electron chi connectivity index (χ3n) is 5.94. The van der Waals surface area contributed by atoms with Crippen molar-refractivity contribution in [2.24, 2.45) is 5.73 Å². The van der Waals surface area contributed by atoms with E-state index in [1.807, 2.05) is 20.8 Å². The first-order chi connectivity index (χ1) is 19.5. The van der Waals surface area contributed by atoms with Crippen LogP contribution in [0.3, 0.4) is 0 Å². The van der Waals surface area contributed by atoms with Crippen LogP contribution in [-0.4, -0.2) is 61.0 Å². The highest BCUT2D eigenvalue weighted by Gasteiger charge is 2.37. The molecule has 41 heavy (non-hydrogen) atoms. The number of carboxylic acid groups (broad SMARTS) is 1. The first kappa shape index (κ1) is 35.5. The van der Waals surface area contributed by atoms with Crippen LogP contribution in [0.4, 0.5) is 14.4 Å². The Balaban J connectivity index is 3.05. The standard InChI is InChI=1S/C29H45NO11/c1-5-8-11-16-37-27(34)40-23-14-13-22(18-24(23)41-28(35)38-17-12-9-6-2)20-29(30,25(31)32)19-21(4)39-26(33)36-15-10-7-3/h13-14,18,21H,5-12,15-17,19-20,30H2,1-4H3,(H,31,32)/t21-,29?/m0/s1. The maximum Gasteiger partial charge on any atom is 0.513 e. The summed E-state index contributed by atoms with van der Waals surface area (Å²) in [7, 11) is 0. The molecule has 0 aliphatic heterocycles. The highest BCUT2D eigenvalue weighted by Crippen LogP contribution is 2.31. The zero-order valence-electron chi connectivity index (χ0n) is 24.6. The normalized spacial score (nSPS) is 12.9. The number of carbonyl (C=O) groups is 4. The molecule has 0 saturated heterocycles. The molecule has 0 aromatic heterocycles. The summed E-state index contributed by atoms with van der Waals surface area (Å²) in [6, 6.07) is 4.16. The van der Waals surface area contributed by atoms with Gasteiger partial charge in [0.25, 0.3) is 0 Å². The van der Waals surface area contributed by atoms with Gasteiger partial charge in [-0.15, -0.1) is 0 Å². The van der Waals surface area contributed by atoms with Crippen molar-refractivity contribution in [1.82, 2.24) is 0 Å². The number of benzene rings is 1. The lowest BCUT2D eigenvalue weighted by Crippen LogP contribution is -2.52. The molecule has 0 fully saturated rings. The van der Waals surface area contributed by atoms with Crippen LogP contribution in [0.1, 0.15) is 91.0 Å². The van der Waals surface area contributed by atoms with E-state index < -0.39 is 36.1 Å². The zero-order valence-corrected chi connectivity index (χ0v) is 24.6. The van der Waals surface area contributed by atoms with Crippen LogP contribution in [-0.2, 0) is 30.2 Å². The van der Waals surface area contributed by atoms with Gasteiger partial charge in [-0.1, -0.05) is 58.9 Å². The molecule has 0 aliphatic rings. The zero-order chi connectivity index (χ0) is 30.7. The van der Waals surface area contributed by atoms with Gasteiger partial charge in [-0.25, -0.2) is 14.4 Å². The van der Waals surface area contributed by atoms with Crippen molar-refractivity contribution in [3.05, 3.63) is 23.8 Å². The minimum absolute atomic E-state index is 0.121. The maximum absolute atomic E-state index is 12.3. The topological polar surface area (TPSA) is 170 Å². The van der Waals surface area contributed by atoms with Crippen LogP contribution in [0.5, 0.6) is 11.5 Å². The number of nitrogens with two attached hydrogens (primary N) is 1. The third kappa shape index (κ3) is 14.6. The smallest absolute Gasteiger partial charge is 0.480 e. The summed E-state index contributed by atoms with van der Waals surface area (Å²) < 4.78 is 30.8. The van der Waals surface area contributed by atoms with Crippen molar-refractivity contribution in [2.45, 2.75) is 104 Å². The lowest BCUT2D eigenvalue weighted by atomic mass is 9.86. The van der Waals surface area contributed by atoms with Crippen LogP contribution in [0.15, 0.2) is 18.2 Å². The molecule has 1 aromatic carbocycles. The second-order valence-corrected chi connectivity index (χ2v) is 9.82. The molecule has 0 radical (unpaired) electrons. The van der Waals surface area contributed by atoms with E-state index in [4.69, 9.17) is 34.2 Å². The average Bonchev–Trinajstić information content (AvgIpc) is 2.90. The maximum atomic E-state index is 12.3. The van der Waals surface area contributed by atoms with Crippen molar-refractivity contribution in [2.75, 3.05) is 19.8 Å². The summed E-state index contributed by atoms with van der Waals surface area (Å²) in [6.07, 6.45) is 2.23. The van der Waals surface area contributed by atoms with Gasteiger partial charge in [0.2, 0.25) is 0 Å². The third-order valence-corrected chi connectivity index (χ3v) is 5.94. The van der Waals surface area contributed by atoms with Gasteiger partial charge in [0, 0.05) is 12.8 Å². The Morgan fingerprint density at radius 2 is 1.29 bits per heavy atom. The molecule has 2 atom stereocenters. The fraction of sp³-hybridized carbons (Fsp3) is 0.655. The number of carbonyl (C=O) groups excluding carboxylic acids is 3. The minimum atomic E-state index is -1.86. The van der Waals surface area contributed by atoms with Crippen LogP contribution >= 0.6 is 0 Å². The Bertz CT molecular complexity index is 968. The fourth-order valence-corrected chi connectivity index (χ4v) is 3.73. The second kappa shape index (κ2) is 19.5. The molecule has 0 spiro atoms. The van der Waals surface area contributed by atoms with Gasteiger partial charge in [0.1, 0.15) is 11.6 Å². The van der Waals surface area contributed by atoms with Crippen molar-refractivity contribution in [3.63, 3.8) is 0 Å². The summed E-state index contributed by atoms with van der Waals surface area (Å²) in [6.45, 7) is 7.99. The molecule has 0 amide bonds. The van der Waals surface area contributed by atoms with Gasteiger partial charge in [-0.3, -0.25) is 4.79 Å². The van der Waals surface area contributed by atoms with Crippen LogP contribution in [0, 0.1) is 0 Å². The number of carboxylic acids is 1. The molecule has 1 rings (SSSR count). The van der Waals surface area contributed by atoms with Gasteiger partial charge in [0.05, 0.1) is 19.8 Å². The Labute approximate surface area is 241 Å². The number of rotatable bonds is 19. The van der Waals surface area contributed by atoms with Crippen molar-refractivity contribution < 1.29 is 52.7 Å². The van der Waals surface area contributed by atoms with Gasteiger partial charge in [0.15, 0.2) is 11.5 Å². The minimum Gasteiger partial charge on any atom is -0.480 e.